The Morgan fingerprint density at radius 1 is 0.483 bits per heavy atom. The van der Waals surface area contributed by atoms with Crippen molar-refractivity contribution in [2.24, 2.45) is 0 Å². The Bertz CT molecular complexity index is 453. The van der Waals surface area contributed by atoms with Crippen LogP contribution in [0.15, 0.2) is 24.3 Å². The van der Waals surface area contributed by atoms with E-state index in [1.807, 2.05) is 18.2 Å². The number of para-hydroxylation sites is 1. The van der Waals surface area contributed by atoms with E-state index >= 15 is 0 Å². The molecule has 0 unspecified atom stereocenters. The lowest BCUT2D eigenvalue weighted by Gasteiger charge is -2.05. The Balaban J connectivity index is 1.70. The summed E-state index contributed by atoms with van der Waals surface area (Å²) in [6.07, 6.45) is 29.4. The Morgan fingerprint density at radius 2 is 0.828 bits per heavy atom. The molecule has 168 valence electrons. The number of hydrogen-bond donors (Lipinski definition) is 1. The molecular weight excluding hydrogens is 352 g/mol. The van der Waals surface area contributed by atoms with E-state index in [-0.39, 0.29) is 0 Å². The molecule has 0 bridgehead atoms. The summed E-state index contributed by atoms with van der Waals surface area (Å²) in [4.78, 5) is 0. The number of aromatic hydroxyl groups is 1. The number of unbranched alkanes of at least 4 members (excludes halogenated alkanes) is 19. The summed E-state index contributed by atoms with van der Waals surface area (Å²) in [7, 11) is 0. The zero-order chi connectivity index (χ0) is 20.8. The van der Waals surface area contributed by atoms with Crippen molar-refractivity contribution in [3.63, 3.8) is 0 Å². The van der Waals surface area contributed by atoms with E-state index in [0.717, 1.165) is 12.0 Å². The third-order valence-corrected chi connectivity index (χ3v) is 6.29. The minimum Gasteiger partial charge on any atom is -0.508 e. The molecule has 29 heavy (non-hydrogen) atoms. The number of phenols is 1. The lowest BCUT2D eigenvalue weighted by Crippen LogP contribution is -1.87. The van der Waals surface area contributed by atoms with Crippen molar-refractivity contribution in [2.45, 2.75) is 142 Å². The maximum absolute atomic E-state index is 9.77. The summed E-state index contributed by atoms with van der Waals surface area (Å²) in [5.74, 6) is 0.463. The van der Waals surface area contributed by atoms with Gasteiger partial charge in [-0.25, -0.2) is 0 Å². The SMILES string of the molecule is CCCCCCCCCCCCCCCCCCCCCCc1ccccc1O. The van der Waals surface area contributed by atoms with Gasteiger partial charge in [0.05, 0.1) is 0 Å². The highest BCUT2D eigenvalue weighted by molar-refractivity contribution is 5.31. The minimum atomic E-state index is 0.463. The standard InChI is InChI=1S/C28H50O/c1-2-3-4-5-6-7-8-9-10-11-12-13-14-15-16-17-18-19-20-21-24-27-25-22-23-26-28(27)29/h22-23,25-26,29H,2-21,24H2,1H3. The Kier molecular flexibility index (Phi) is 18.2. The van der Waals surface area contributed by atoms with Gasteiger partial charge in [-0.05, 0) is 24.5 Å². The predicted octanol–water partition coefficient (Wildman–Crippen LogP) is 9.76. The molecule has 0 aromatic heterocycles. The third-order valence-electron chi connectivity index (χ3n) is 6.29. The van der Waals surface area contributed by atoms with Crippen LogP contribution in [0.4, 0.5) is 0 Å². The van der Waals surface area contributed by atoms with E-state index in [1.165, 1.54) is 128 Å². The molecule has 0 radical (unpaired) electrons. The van der Waals surface area contributed by atoms with Gasteiger partial charge in [-0.2, -0.15) is 0 Å². The van der Waals surface area contributed by atoms with E-state index in [0.29, 0.717) is 5.75 Å². The van der Waals surface area contributed by atoms with Crippen molar-refractivity contribution in [1.82, 2.24) is 0 Å². The molecule has 1 aromatic rings. The molecule has 1 N–H and O–H groups in total. The fourth-order valence-electron chi connectivity index (χ4n) is 4.29. The van der Waals surface area contributed by atoms with Crippen LogP contribution in [-0.4, -0.2) is 5.11 Å². The predicted molar refractivity (Wildman–Crippen MR) is 130 cm³/mol. The van der Waals surface area contributed by atoms with Gasteiger partial charge in [0.2, 0.25) is 0 Å². The van der Waals surface area contributed by atoms with Gasteiger partial charge in [0, 0.05) is 0 Å². The Morgan fingerprint density at radius 3 is 1.21 bits per heavy atom. The lowest BCUT2D eigenvalue weighted by molar-refractivity contribution is 0.465. The molecular formula is C28H50O. The number of aryl methyl sites for hydroxylation is 1. The lowest BCUT2D eigenvalue weighted by atomic mass is 10.0. The van der Waals surface area contributed by atoms with Crippen molar-refractivity contribution >= 4 is 0 Å². The molecule has 1 heteroatoms. The largest absolute Gasteiger partial charge is 0.508 e. The highest BCUT2D eigenvalue weighted by Gasteiger charge is 1.99. The quantitative estimate of drug-likeness (QED) is 0.203. The van der Waals surface area contributed by atoms with Crippen molar-refractivity contribution in [3.8, 4) is 5.75 Å². The number of hydrogen-bond acceptors (Lipinski definition) is 1. The van der Waals surface area contributed by atoms with Gasteiger partial charge in [0.1, 0.15) is 5.75 Å². The van der Waals surface area contributed by atoms with E-state index in [9.17, 15) is 5.11 Å². The molecule has 0 fully saturated rings. The number of phenolic OH excluding ortho intramolecular Hbond substituents is 1. The van der Waals surface area contributed by atoms with Gasteiger partial charge in [-0.15, -0.1) is 0 Å². The summed E-state index contributed by atoms with van der Waals surface area (Å²) in [6.45, 7) is 2.30. The second kappa shape index (κ2) is 20.3. The van der Waals surface area contributed by atoms with Crippen LogP contribution in [0.2, 0.25) is 0 Å². The van der Waals surface area contributed by atoms with Gasteiger partial charge < -0.3 is 5.11 Å². The molecule has 0 aliphatic rings. The molecule has 0 heterocycles. The van der Waals surface area contributed by atoms with Crippen LogP contribution in [0.25, 0.3) is 0 Å². The summed E-state index contributed by atoms with van der Waals surface area (Å²) in [5, 5.41) is 9.77. The topological polar surface area (TPSA) is 20.2 Å². The normalized spacial score (nSPS) is 11.2. The average molecular weight is 403 g/mol. The first kappa shape index (κ1) is 26.1. The van der Waals surface area contributed by atoms with Crippen molar-refractivity contribution in [2.75, 3.05) is 0 Å². The van der Waals surface area contributed by atoms with E-state index in [4.69, 9.17) is 0 Å². The molecule has 1 rings (SSSR count). The summed E-state index contributed by atoms with van der Waals surface area (Å²) in [6, 6.07) is 7.76. The van der Waals surface area contributed by atoms with Crippen LogP contribution >= 0.6 is 0 Å². The Hall–Kier alpha value is -0.980. The summed E-state index contributed by atoms with van der Waals surface area (Å²) < 4.78 is 0. The van der Waals surface area contributed by atoms with Gasteiger partial charge in [0.25, 0.3) is 0 Å². The molecule has 1 aromatic carbocycles. The summed E-state index contributed by atoms with van der Waals surface area (Å²) >= 11 is 0. The highest BCUT2D eigenvalue weighted by atomic mass is 16.3. The molecule has 0 spiro atoms. The summed E-state index contributed by atoms with van der Waals surface area (Å²) in [5.41, 5.74) is 1.11. The molecule has 0 saturated heterocycles. The van der Waals surface area contributed by atoms with Crippen LogP contribution in [0.1, 0.15) is 141 Å². The number of benzene rings is 1. The van der Waals surface area contributed by atoms with Crippen LogP contribution in [0, 0.1) is 0 Å². The molecule has 0 amide bonds. The maximum atomic E-state index is 9.77. The van der Waals surface area contributed by atoms with Crippen molar-refractivity contribution in [1.29, 1.82) is 0 Å². The smallest absolute Gasteiger partial charge is 0.118 e. The van der Waals surface area contributed by atoms with Crippen LogP contribution < -0.4 is 0 Å². The molecule has 0 aliphatic carbocycles. The first-order valence-corrected chi connectivity index (χ1v) is 13.1. The van der Waals surface area contributed by atoms with Crippen molar-refractivity contribution in [3.05, 3.63) is 29.8 Å². The zero-order valence-electron chi connectivity index (χ0n) is 19.6. The van der Waals surface area contributed by atoms with Gasteiger partial charge >= 0.3 is 0 Å². The minimum absolute atomic E-state index is 0.463. The van der Waals surface area contributed by atoms with Crippen LogP contribution in [-0.2, 0) is 6.42 Å². The first-order valence-electron chi connectivity index (χ1n) is 13.1. The van der Waals surface area contributed by atoms with Crippen LogP contribution in [0.3, 0.4) is 0 Å². The van der Waals surface area contributed by atoms with Crippen LogP contribution in [0.5, 0.6) is 5.75 Å². The zero-order valence-corrected chi connectivity index (χ0v) is 19.6. The highest BCUT2D eigenvalue weighted by Crippen LogP contribution is 2.19. The first-order chi connectivity index (χ1) is 14.3. The second-order valence-electron chi connectivity index (χ2n) is 9.10. The van der Waals surface area contributed by atoms with Crippen molar-refractivity contribution < 1.29 is 5.11 Å². The van der Waals surface area contributed by atoms with E-state index in [1.54, 1.807) is 6.07 Å². The van der Waals surface area contributed by atoms with E-state index in [2.05, 4.69) is 6.92 Å². The fraction of sp³-hybridized carbons (Fsp3) is 0.786. The maximum Gasteiger partial charge on any atom is 0.118 e. The van der Waals surface area contributed by atoms with Gasteiger partial charge in [-0.1, -0.05) is 147 Å². The average Bonchev–Trinajstić information content (AvgIpc) is 2.73. The molecule has 0 saturated carbocycles. The van der Waals surface area contributed by atoms with Gasteiger partial charge in [0.15, 0.2) is 0 Å². The molecule has 1 nitrogen and oxygen atoms in total. The monoisotopic (exact) mass is 402 g/mol. The van der Waals surface area contributed by atoms with E-state index < -0.39 is 0 Å². The molecule has 0 atom stereocenters. The second-order valence-corrected chi connectivity index (χ2v) is 9.10. The van der Waals surface area contributed by atoms with Gasteiger partial charge in [-0.3, -0.25) is 0 Å². The fourth-order valence-corrected chi connectivity index (χ4v) is 4.29. The Labute approximate surface area is 182 Å². The molecule has 0 aliphatic heterocycles. The number of rotatable bonds is 21. The third kappa shape index (κ3) is 16.5.